The minimum atomic E-state index is -0.706. The Morgan fingerprint density at radius 1 is 1.09 bits per heavy atom. The molecule has 0 aliphatic carbocycles. The van der Waals surface area contributed by atoms with Crippen LogP contribution in [0.25, 0.3) is 0 Å². The molecule has 0 aliphatic heterocycles. The maximum atomic E-state index is 13.3. The zero-order chi connectivity index (χ0) is 26.0. The van der Waals surface area contributed by atoms with E-state index in [1.54, 1.807) is 19.2 Å². The summed E-state index contributed by atoms with van der Waals surface area (Å²) in [5, 5.41) is 14.0. The quantitative estimate of drug-likeness (QED) is 0.339. The molecule has 1 unspecified atom stereocenters. The zero-order valence-corrected chi connectivity index (χ0v) is 20.8. The molecule has 190 valence electrons. The van der Waals surface area contributed by atoms with E-state index >= 15 is 0 Å². The normalized spacial score (nSPS) is 11.5. The summed E-state index contributed by atoms with van der Waals surface area (Å²) in [6.45, 7) is 6.14. The summed E-state index contributed by atoms with van der Waals surface area (Å²) >= 11 is 0. The number of nitrogens with one attached hydrogen (secondary N) is 1. The number of rotatable bonds is 13. The second kappa shape index (κ2) is 13.2. The molecular weight excluding hydrogens is 454 g/mol. The van der Waals surface area contributed by atoms with Crippen molar-refractivity contribution in [1.29, 1.82) is 0 Å². The highest BCUT2D eigenvalue weighted by Gasteiger charge is 2.29. The number of benzene rings is 2. The Labute approximate surface area is 205 Å². The first-order chi connectivity index (χ1) is 16.7. The van der Waals surface area contributed by atoms with E-state index in [0.29, 0.717) is 18.7 Å². The maximum Gasteiger partial charge on any atom is 0.311 e. The molecule has 0 fully saturated rings. The number of nitro benzene ring substituents is 1. The van der Waals surface area contributed by atoms with Crippen LogP contribution in [-0.2, 0) is 16.1 Å². The van der Waals surface area contributed by atoms with Gasteiger partial charge >= 0.3 is 5.69 Å². The van der Waals surface area contributed by atoms with Crippen molar-refractivity contribution in [3.63, 3.8) is 0 Å². The average Bonchev–Trinajstić information content (AvgIpc) is 2.85. The van der Waals surface area contributed by atoms with E-state index in [9.17, 15) is 19.7 Å². The van der Waals surface area contributed by atoms with Crippen LogP contribution in [-0.4, -0.2) is 55.1 Å². The van der Waals surface area contributed by atoms with Gasteiger partial charge in [-0.1, -0.05) is 32.9 Å². The van der Waals surface area contributed by atoms with Crippen LogP contribution < -0.4 is 19.5 Å². The number of nitrogens with zero attached hydrogens (tertiary/aromatic N) is 2. The molecule has 2 aromatic rings. The second-order valence-electron chi connectivity index (χ2n) is 8.32. The molecule has 1 N–H and O–H groups in total. The lowest BCUT2D eigenvalue weighted by Crippen LogP contribution is -2.50. The van der Waals surface area contributed by atoms with Crippen molar-refractivity contribution in [3.05, 3.63) is 58.1 Å². The van der Waals surface area contributed by atoms with Crippen LogP contribution in [0.15, 0.2) is 42.5 Å². The predicted octanol–water partition coefficient (Wildman–Crippen LogP) is 3.57. The van der Waals surface area contributed by atoms with Gasteiger partial charge in [-0.3, -0.25) is 19.7 Å². The van der Waals surface area contributed by atoms with Gasteiger partial charge in [0.2, 0.25) is 11.7 Å². The third-order valence-electron chi connectivity index (χ3n) is 5.27. The fourth-order valence-electron chi connectivity index (χ4n) is 3.44. The zero-order valence-electron chi connectivity index (χ0n) is 20.8. The molecule has 0 spiro atoms. The largest absolute Gasteiger partial charge is 0.497 e. The summed E-state index contributed by atoms with van der Waals surface area (Å²) in [7, 11) is 2.87. The van der Waals surface area contributed by atoms with Gasteiger partial charge in [-0.25, -0.2) is 0 Å². The number of methoxy groups -OCH3 is 2. The van der Waals surface area contributed by atoms with Gasteiger partial charge < -0.3 is 24.4 Å². The van der Waals surface area contributed by atoms with E-state index in [4.69, 9.17) is 14.2 Å². The highest BCUT2D eigenvalue weighted by Crippen LogP contribution is 2.30. The summed E-state index contributed by atoms with van der Waals surface area (Å²) in [5.41, 5.74) is 0.587. The van der Waals surface area contributed by atoms with Crippen molar-refractivity contribution in [3.8, 4) is 17.2 Å². The van der Waals surface area contributed by atoms with Crippen LogP contribution in [0.3, 0.4) is 0 Å². The molecule has 0 aliphatic rings. The van der Waals surface area contributed by atoms with Crippen LogP contribution >= 0.6 is 0 Å². The summed E-state index contributed by atoms with van der Waals surface area (Å²) in [6, 6.07) is 10.6. The fourth-order valence-corrected chi connectivity index (χ4v) is 3.44. The third kappa shape index (κ3) is 7.87. The van der Waals surface area contributed by atoms with Gasteiger partial charge in [0.15, 0.2) is 6.61 Å². The second-order valence-corrected chi connectivity index (χ2v) is 8.32. The Bertz CT molecular complexity index is 1030. The monoisotopic (exact) mass is 487 g/mol. The van der Waals surface area contributed by atoms with Gasteiger partial charge in [0.1, 0.15) is 17.5 Å². The molecule has 0 saturated heterocycles. The molecule has 0 saturated carbocycles. The van der Waals surface area contributed by atoms with Crippen LogP contribution in [0.4, 0.5) is 5.69 Å². The number of carbonyl (C=O) groups is 2. The fraction of sp³-hybridized carbons (Fsp3) is 0.440. The van der Waals surface area contributed by atoms with Crippen LogP contribution in [0.1, 0.15) is 32.8 Å². The third-order valence-corrected chi connectivity index (χ3v) is 5.27. The highest BCUT2D eigenvalue weighted by molar-refractivity contribution is 5.88. The number of hydrogen-bond donors (Lipinski definition) is 1. The molecule has 10 heteroatoms. The van der Waals surface area contributed by atoms with Crippen molar-refractivity contribution in [1.82, 2.24) is 10.2 Å². The molecule has 0 heterocycles. The minimum absolute atomic E-state index is 0.0210. The summed E-state index contributed by atoms with van der Waals surface area (Å²) in [4.78, 5) is 38.3. The van der Waals surface area contributed by atoms with Gasteiger partial charge in [0, 0.05) is 25.2 Å². The predicted molar refractivity (Wildman–Crippen MR) is 131 cm³/mol. The lowest BCUT2D eigenvalue weighted by atomic mass is 10.1. The van der Waals surface area contributed by atoms with Crippen LogP contribution in [0.5, 0.6) is 17.2 Å². The highest BCUT2D eigenvalue weighted by atomic mass is 16.6. The molecule has 2 amide bonds. The Morgan fingerprint density at radius 3 is 2.43 bits per heavy atom. The molecule has 2 aromatic carbocycles. The Morgan fingerprint density at radius 2 is 1.83 bits per heavy atom. The lowest BCUT2D eigenvalue weighted by molar-refractivity contribution is -0.385. The van der Waals surface area contributed by atoms with Crippen LogP contribution in [0, 0.1) is 16.0 Å². The number of ether oxygens (including phenoxy) is 3. The van der Waals surface area contributed by atoms with Gasteiger partial charge in [0.05, 0.1) is 19.1 Å². The molecular formula is C25H33N3O7. The van der Waals surface area contributed by atoms with Crippen LogP contribution in [0.2, 0.25) is 0 Å². The van der Waals surface area contributed by atoms with E-state index in [1.807, 2.05) is 32.9 Å². The van der Waals surface area contributed by atoms with Crippen molar-refractivity contribution < 1.29 is 28.7 Å². The minimum Gasteiger partial charge on any atom is -0.497 e. The molecule has 10 nitrogen and oxygen atoms in total. The van der Waals surface area contributed by atoms with E-state index in [-0.39, 0.29) is 42.2 Å². The first kappa shape index (κ1) is 27.4. The van der Waals surface area contributed by atoms with Crippen molar-refractivity contribution in [2.24, 2.45) is 5.92 Å². The number of amides is 2. The average molecular weight is 488 g/mol. The van der Waals surface area contributed by atoms with Gasteiger partial charge in [-0.15, -0.1) is 0 Å². The molecule has 0 aromatic heterocycles. The molecule has 35 heavy (non-hydrogen) atoms. The summed E-state index contributed by atoms with van der Waals surface area (Å²) in [5.74, 6) is 0.513. The van der Waals surface area contributed by atoms with Gasteiger partial charge in [0.25, 0.3) is 5.91 Å². The van der Waals surface area contributed by atoms with Crippen molar-refractivity contribution in [2.75, 3.05) is 27.4 Å². The van der Waals surface area contributed by atoms with Crippen molar-refractivity contribution in [2.45, 2.75) is 39.8 Å². The van der Waals surface area contributed by atoms with Crippen molar-refractivity contribution >= 4 is 17.5 Å². The van der Waals surface area contributed by atoms with E-state index in [0.717, 1.165) is 5.56 Å². The molecule has 0 bridgehead atoms. The number of carbonyl (C=O) groups excluding carboxylic acids is 2. The maximum absolute atomic E-state index is 13.3. The number of nitro groups is 1. The van der Waals surface area contributed by atoms with E-state index in [1.165, 1.54) is 30.2 Å². The standard InChI is InChI=1S/C25H33N3O7/c1-6-21(25(30)26-14-17(2)3)27(15-18-8-7-9-19(12-18)33-4)24(29)16-35-20-10-11-22(28(31)32)23(13-20)34-5/h7-13,17,21H,6,14-16H2,1-5H3,(H,26,30). The molecule has 2 rings (SSSR count). The molecule has 0 radical (unpaired) electrons. The SMILES string of the molecule is CCC(C(=O)NCC(C)C)N(Cc1cccc(OC)c1)C(=O)COc1ccc([N+](=O)[O-])c(OC)c1. The summed E-state index contributed by atoms with van der Waals surface area (Å²) < 4.78 is 16.0. The van der Waals surface area contributed by atoms with E-state index < -0.39 is 16.9 Å². The molecule has 1 atom stereocenters. The smallest absolute Gasteiger partial charge is 0.311 e. The Balaban J connectivity index is 2.26. The van der Waals surface area contributed by atoms with Gasteiger partial charge in [-0.05, 0) is 36.1 Å². The lowest BCUT2D eigenvalue weighted by Gasteiger charge is -2.31. The first-order valence-corrected chi connectivity index (χ1v) is 11.3. The van der Waals surface area contributed by atoms with E-state index in [2.05, 4.69) is 5.32 Å². The summed E-state index contributed by atoms with van der Waals surface area (Å²) in [6.07, 6.45) is 0.408. The topological polar surface area (TPSA) is 120 Å². The Hall–Kier alpha value is -3.82. The first-order valence-electron chi connectivity index (χ1n) is 11.3. The Kier molecular flexibility index (Phi) is 10.3. The van der Waals surface area contributed by atoms with Gasteiger partial charge in [-0.2, -0.15) is 0 Å². The number of hydrogen-bond acceptors (Lipinski definition) is 7.